The Kier molecular flexibility index (Phi) is 6.66. The molecule has 2 amide bonds. The van der Waals surface area contributed by atoms with Crippen LogP contribution in [-0.4, -0.2) is 51.2 Å². The van der Waals surface area contributed by atoms with Crippen LogP contribution in [0.3, 0.4) is 0 Å². The first-order chi connectivity index (χ1) is 14.8. The molecule has 0 N–H and O–H groups in total. The van der Waals surface area contributed by atoms with E-state index in [0.717, 1.165) is 12.0 Å². The largest absolute Gasteiger partial charge is 0.493 e. The maximum absolute atomic E-state index is 12.7. The third-order valence-electron chi connectivity index (χ3n) is 4.13. The second-order valence-electron chi connectivity index (χ2n) is 6.07. The minimum atomic E-state index is -4.20. The number of benzene rings is 2. The van der Waals surface area contributed by atoms with E-state index in [9.17, 15) is 22.8 Å². The van der Waals surface area contributed by atoms with Gasteiger partial charge in [0.05, 0.1) is 19.1 Å². The summed E-state index contributed by atoms with van der Waals surface area (Å²) in [6.07, 6.45) is 1.31. The van der Waals surface area contributed by atoms with Crippen molar-refractivity contribution in [2.45, 2.75) is 4.90 Å². The normalized spacial score (nSPS) is 15.3. The van der Waals surface area contributed by atoms with Crippen LogP contribution in [-0.2, 0) is 24.4 Å². The number of methoxy groups -OCH3 is 2. The molecule has 0 bridgehead atoms. The second kappa shape index (κ2) is 9.23. The Balaban J connectivity index is 1.99. The first-order valence-corrected chi connectivity index (χ1v) is 11.0. The van der Waals surface area contributed by atoms with E-state index in [1.54, 1.807) is 24.3 Å². The minimum absolute atomic E-state index is 0.0101. The smallest absolute Gasteiger partial charge is 0.339 e. The number of thioether (sulfide) groups is 1. The molecule has 2 aromatic carbocycles. The van der Waals surface area contributed by atoms with Gasteiger partial charge >= 0.3 is 16.1 Å². The van der Waals surface area contributed by atoms with Crippen LogP contribution >= 0.6 is 11.8 Å². The maximum Gasteiger partial charge on any atom is 0.339 e. The molecule has 0 radical (unpaired) electrons. The van der Waals surface area contributed by atoms with Crippen LogP contribution in [0.5, 0.6) is 11.5 Å². The fourth-order valence-electron chi connectivity index (χ4n) is 2.61. The van der Waals surface area contributed by atoms with Gasteiger partial charge in [0.2, 0.25) is 0 Å². The number of amides is 2. The molecule has 3 rings (SSSR count). The first-order valence-electron chi connectivity index (χ1n) is 8.75. The van der Waals surface area contributed by atoms with Crippen LogP contribution in [0.2, 0.25) is 0 Å². The summed E-state index contributed by atoms with van der Waals surface area (Å²) in [6, 6.07) is 12.1. The van der Waals surface area contributed by atoms with Gasteiger partial charge in [-0.3, -0.25) is 19.3 Å². The molecule has 9 nitrogen and oxygen atoms in total. The lowest BCUT2D eigenvalue weighted by Gasteiger charge is -2.13. The summed E-state index contributed by atoms with van der Waals surface area (Å²) >= 11 is 0.611. The molecule has 0 atom stereocenters. The summed E-state index contributed by atoms with van der Waals surface area (Å²) < 4.78 is 40.4. The summed E-state index contributed by atoms with van der Waals surface area (Å²) in [7, 11) is -1.71. The Labute approximate surface area is 182 Å². The Morgan fingerprint density at radius 2 is 1.77 bits per heavy atom. The third kappa shape index (κ3) is 4.89. The van der Waals surface area contributed by atoms with Crippen LogP contribution in [0, 0.1) is 0 Å². The summed E-state index contributed by atoms with van der Waals surface area (Å²) in [5.41, 5.74) is 0.197. The van der Waals surface area contributed by atoms with E-state index < -0.39 is 33.8 Å². The zero-order valence-electron chi connectivity index (χ0n) is 16.4. The number of para-hydroxylation sites is 1. The molecule has 0 spiro atoms. The zero-order chi connectivity index (χ0) is 22.6. The van der Waals surface area contributed by atoms with Crippen molar-refractivity contribution in [2.75, 3.05) is 20.8 Å². The topological polar surface area (TPSA) is 116 Å². The van der Waals surface area contributed by atoms with E-state index in [-0.39, 0.29) is 26.9 Å². The van der Waals surface area contributed by atoms with Gasteiger partial charge in [-0.25, -0.2) is 0 Å². The predicted molar refractivity (Wildman–Crippen MR) is 112 cm³/mol. The highest BCUT2D eigenvalue weighted by molar-refractivity contribution is 8.18. The zero-order valence-corrected chi connectivity index (χ0v) is 18.1. The number of carbonyl (C=O) groups is 3. The number of hydrogen-bond acceptors (Lipinski definition) is 9. The summed E-state index contributed by atoms with van der Waals surface area (Å²) in [5.74, 6) is -1.49. The highest BCUT2D eigenvalue weighted by atomic mass is 32.2. The monoisotopic (exact) mass is 463 g/mol. The maximum atomic E-state index is 12.7. The van der Waals surface area contributed by atoms with E-state index in [0.29, 0.717) is 11.8 Å². The molecule has 0 aromatic heterocycles. The van der Waals surface area contributed by atoms with Crippen molar-refractivity contribution in [1.29, 1.82) is 0 Å². The molecule has 11 heteroatoms. The number of ether oxygens (including phenoxy) is 2. The highest BCUT2D eigenvalue weighted by Crippen LogP contribution is 2.38. The van der Waals surface area contributed by atoms with Crippen LogP contribution in [0.4, 0.5) is 4.79 Å². The molecule has 1 heterocycles. The van der Waals surface area contributed by atoms with Gasteiger partial charge in [-0.1, -0.05) is 30.3 Å². The number of hydrogen-bond donors (Lipinski definition) is 0. The van der Waals surface area contributed by atoms with Gasteiger partial charge in [0.25, 0.3) is 11.1 Å². The Bertz CT molecular complexity index is 1160. The molecule has 0 aliphatic carbocycles. The van der Waals surface area contributed by atoms with E-state index in [1.807, 2.05) is 0 Å². The molecule has 0 unspecified atom stereocenters. The van der Waals surface area contributed by atoms with Gasteiger partial charge in [0.1, 0.15) is 11.4 Å². The van der Waals surface area contributed by atoms with Crippen LogP contribution in [0.15, 0.2) is 58.3 Å². The SMILES string of the molecule is COC(=O)CN1C(=O)S/C(=C\c2cccc(OC)c2OS(=O)(=O)c2ccccc2)C1=O. The molecule has 1 saturated heterocycles. The lowest BCUT2D eigenvalue weighted by atomic mass is 10.1. The Morgan fingerprint density at radius 3 is 2.42 bits per heavy atom. The van der Waals surface area contributed by atoms with Crippen molar-refractivity contribution in [1.82, 2.24) is 4.90 Å². The van der Waals surface area contributed by atoms with Crippen molar-refractivity contribution < 1.29 is 36.5 Å². The summed E-state index contributed by atoms with van der Waals surface area (Å²) in [5, 5.41) is -0.649. The third-order valence-corrected chi connectivity index (χ3v) is 6.27. The van der Waals surface area contributed by atoms with Crippen LogP contribution in [0.25, 0.3) is 6.08 Å². The average molecular weight is 463 g/mol. The molecule has 1 aliphatic rings. The van der Waals surface area contributed by atoms with Crippen molar-refractivity contribution >= 4 is 45.1 Å². The van der Waals surface area contributed by atoms with Crippen molar-refractivity contribution in [3.8, 4) is 11.5 Å². The second-order valence-corrected chi connectivity index (χ2v) is 8.61. The number of esters is 1. The number of imide groups is 1. The van der Waals surface area contributed by atoms with Gasteiger partial charge in [0.15, 0.2) is 11.5 Å². The molecule has 2 aromatic rings. The average Bonchev–Trinajstić information content (AvgIpc) is 3.02. The molecule has 1 aliphatic heterocycles. The van der Waals surface area contributed by atoms with E-state index in [2.05, 4.69) is 4.74 Å². The van der Waals surface area contributed by atoms with Gasteiger partial charge in [0, 0.05) is 5.56 Å². The number of carbonyl (C=O) groups excluding carboxylic acids is 3. The van der Waals surface area contributed by atoms with Gasteiger partial charge in [-0.2, -0.15) is 8.42 Å². The van der Waals surface area contributed by atoms with Crippen LogP contribution in [0.1, 0.15) is 5.56 Å². The predicted octanol–water partition coefficient (Wildman–Crippen LogP) is 2.67. The number of nitrogens with zero attached hydrogens (tertiary/aromatic N) is 1. The minimum Gasteiger partial charge on any atom is -0.493 e. The Morgan fingerprint density at radius 1 is 1.06 bits per heavy atom. The standard InChI is InChI=1S/C20H17NO8S2/c1-27-15-10-6-7-13(18(15)29-31(25,26)14-8-4-3-5-9-14)11-16-19(23)21(20(24)30-16)12-17(22)28-2/h3-11H,12H2,1-2H3/b16-11-. The van der Waals surface area contributed by atoms with Gasteiger partial charge in [-0.05, 0) is 36.0 Å². The fourth-order valence-corrected chi connectivity index (χ4v) is 4.43. The van der Waals surface area contributed by atoms with Crippen molar-refractivity contribution in [3.05, 3.63) is 59.0 Å². The molecule has 162 valence electrons. The van der Waals surface area contributed by atoms with Crippen molar-refractivity contribution in [3.63, 3.8) is 0 Å². The van der Waals surface area contributed by atoms with E-state index >= 15 is 0 Å². The molecular weight excluding hydrogens is 446 g/mol. The Hall–Kier alpha value is -3.31. The van der Waals surface area contributed by atoms with Crippen molar-refractivity contribution in [2.24, 2.45) is 0 Å². The molecule has 1 fully saturated rings. The fraction of sp³-hybridized carbons (Fsp3) is 0.150. The lowest BCUT2D eigenvalue weighted by Crippen LogP contribution is -2.34. The van der Waals surface area contributed by atoms with E-state index in [4.69, 9.17) is 8.92 Å². The molecular formula is C20H17NO8S2. The van der Waals surface area contributed by atoms with Crippen LogP contribution < -0.4 is 8.92 Å². The molecule has 31 heavy (non-hydrogen) atoms. The van der Waals surface area contributed by atoms with Gasteiger partial charge in [-0.15, -0.1) is 0 Å². The lowest BCUT2D eigenvalue weighted by molar-refractivity contribution is -0.143. The summed E-state index contributed by atoms with van der Waals surface area (Å²) in [4.78, 5) is 36.8. The molecule has 0 saturated carbocycles. The highest BCUT2D eigenvalue weighted by Gasteiger charge is 2.37. The quantitative estimate of drug-likeness (QED) is 0.347. The summed E-state index contributed by atoms with van der Waals surface area (Å²) in [6.45, 7) is -0.525. The number of rotatable bonds is 7. The first kappa shape index (κ1) is 22.4. The van der Waals surface area contributed by atoms with E-state index in [1.165, 1.54) is 37.5 Å². The van der Waals surface area contributed by atoms with Gasteiger partial charge < -0.3 is 13.7 Å².